The Morgan fingerprint density at radius 2 is 0.889 bits per heavy atom. The first-order valence-corrected chi connectivity index (χ1v) is 3.75. The van der Waals surface area contributed by atoms with Crippen molar-refractivity contribution in [3.8, 4) is 0 Å². The molecule has 0 amide bonds. The standard InChI is InChI=1S/C6F11N/c7-1(8)2(9)18-5(14,15)3(10,11)4(12,13)6(18,16)17. The van der Waals surface area contributed by atoms with Crippen molar-refractivity contribution >= 4 is 0 Å². The van der Waals surface area contributed by atoms with Crippen LogP contribution in [0.25, 0.3) is 0 Å². The predicted molar refractivity (Wildman–Crippen MR) is 32.0 cm³/mol. The topological polar surface area (TPSA) is 3.24 Å². The Morgan fingerprint density at radius 1 is 0.611 bits per heavy atom. The van der Waals surface area contributed by atoms with Gasteiger partial charge < -0.3 is 0 Å². The average molecular weight is 295 g/mol. The highest BCUT2D eigenvalue weighted by atomic mass is 19.4. The molecule has 1 heterocycles. The zero-order valence-electron chi connectivity index (χ0n) is 7.60. The van der Waals surface area contributed by atoms with Crippen LogP contribution in [0.4, 0.5) is 48.3 Å². The van der Waals surface area contributed by atoms with Crippen molar-refractivity contribution in [1.82, 2.24) is 4.90 Å². The van der Waals surface area contributed by atoms with Crippen molar-refractivity contribution in [2.24, 2.45) is 0 Å². The van der Waals surface area contributed by atoms with E-state index in [-0.39, 0.29) is 0 Å². The third-order valence-electron chi connectivity index (χ3n) is 2.06. The number of likely N-dealkylation sites (tertiary alicyclic amines) is 1. The Labute approximate surface area is 90.4 Å². The van der Waals surface area contributed by atoms with Gasteiger partial charge in [0.15, 0.2) is 0 Å². The van der Waals surface area contributed by atoms with Gasteiger partial charge in [-0.2, -0.15) is 48.3 Å². The summed E-state index contributed by atoms with van der Waals surface area (Å²) in [6.45, 7) is 0. The molecule has 0 aliphatic carbocycles. The number of alkyl halides is 8. The van der Waals surface area contributed by atoms with Gasteiger partial charge in [0.1, 0.15) is 0 Å². The third-order valence-corrected chi connectivity index (χ3v) is 2.06. The summed E-state index contributed by atoms with van der Waals surface area (Å²) in [5, 5.41) is 0. The minimum Gasteiger partial charge on any atom is -0.212 e. The molecule has 1 rings (SSSR count). The van der Waals surface area contributed by atoms with Crippen LogP contribution in [0.3, 0.4) is 0 Å². The molecule has 0 atom stereocenters. The average Bonchev–Trinajstić information content (AvgIpc) is 2.21. The maximum absolute atomic E-state index is 12.6. The van der Waals surface area contributed by atoms with Crippen molar-refractivity contribution in [3.63, 3.8) is 0 Å². The lowest BCUT2D eigenvalue weighted by Crippen LogP contribution is -2.51. The highest BCUT2D eigenvalue weighted by molar-refractivity contribution is 5.17. The van der Waals surface area contributed by atoms with Crippen LogP contribution in [0.15, 0.2) is 12.0 Å². The second-order valence-corrected chi connectivity index (χ2v) is 3.12. The maximum atomic E-state index is 12.6. The molecule has 0 saturated carbocycles. The van der Waals surface area contributed by atoms with Gasteiger partial charge in [0.25, 0.3) is 5.95 Å². The first kappa shape index (κ1) is 14.8. The quantitative estimate of drug-likeness (QED) is 0.525. The van der Waals surface area contributed by atoms with E-state index in [1.54, 1.807) is 0 Å². The Balaban J connectivity index is 3.59. The lowest BCUT2D eigenvalue weighted by molar-refractivity contribution is -0.303. The molecule has 1 fully saturated rings. The molecule has 1 aliphatic heterocycles. The number of hydrogen-bond acceptors (Lipinski definition) is 1. The van der Waals surface area contributed by atoms with E-state index < -0.39 is 40.9 Å². The molecular formula is C6F11N. The smallest absolute Gasteiger partial charge is 0.212 e. The molecule has 0 N–H and O–H groups in total. The molecule has 106 valence electrons. The molecule has 0 aromatic carbocycles. The van der Waals surface area contributed by atoms with Crippen LogP contribution >= 0.6 is 0 Å². The van der Waals surface area contributed by atoms with E-state index in [1.807, 2.05) is 0 Å². The highest BCUT2D eigenvalue weighted by Gasteiger charge is 2.93. The molecule has 0 spiro atoms. The van der Waals surface area contributed by atoms with Gasteiger partial charge in [0.05, 0.1) is 0 Å². The van der Waals surface area contributed by atoms with Crippen LogP contribution in [0.1, 0.15) is 0 Å². The van der Waals surface area contributed by atoms with Crippen molar-refractivity contribution in [2.75, 3.05) is 0 Å². The van der Waals surface area contributed by atoms with E-state index >= 15 is 0 Å². The monoisotopic (exact) mass is 295 g/mol. The second kappa shape index (κ2) is 3.41. The van der Waals surface area contributed by atoms with Gasteiger partial charge in [-0.05, 0) is 0 Å². The summed E-state index contributed by atoms with van der Waals surface area (Å²) in [5.41, 5.74) is 0. The SMILES string of the molecule is FC(F)=C(F)N1C(F)(F)C(F)(F)C(F)(F)C1(F)F. The summed E-state index contributed by atoms with van der Waals surface area (Å²) in [6, 6.07) is -13.1. The van der Waals surface area contributed by atoms with Crippen molar-refractivity contribution in [2.45, 2.75) is 23.9 Å². The molecule has 0 aromatic rings. The van der Waals surface area contributed by atoms with E-state index in [0.717, 1.165) is 0 Å². The number of rotatable bonds is 1. The normalized spacial score (nSPS) is 27.2. The Hall–Kier alpha value is -1.23. The van der Waals surface area contributed by atoms with Gasteiger partial charge in [0, 0.05) is 0 Å². The van der Waals surface area contributed by atoms with Crippen LogP contribution < -0.4 is 0 Å². The van der Waals surface area contributed by atoms with Gasteiger partial charge in [-0.15, -0.1) is 0 Å². The van der Waals surface area contributed by atoms with Crippen molar-refractivity contribution in [1.29, 1.82) is 0 Å². The van der Waals surface area contributed by atoms with Crippen LogP contribution in [0.5, 0.6) is 0 Å². The molecule has 1 nitrogen and oxygen atoms in total. The largest absolute Gasteiger partial charge is 0.401 e. The number of nitrogens with zero attached hydrogens (tertiary/aromatic N) is 1. The molecule has 0 unspecified atom stereocenters. The zero-order chi connectivity index (χ0) is 14.7. The highest BCUT2D eigenvalue weighted by Crippen LogP contribution is 2.64. The Bertz CT molecular complexity index is 366. The van der Waals surface area contributed by atoms with E-state index in [0.29, 0.717) is 0 Å². The summed E-state index contributed by atoms with van der Waals surface area (Å²) in [7, 11) is 0. The van der Waals surface area contributed by atoms with Gasteiger partial charge in [-0.1, -0.05) is 0 Å². The Kier molecular flexibility index (Phi) is 2.81. The van der Waals surface area contributed by atoms with Crippen LogP contribution in [0, 0.1) is 0 Å². The van der Waals surface area contributed by atoms with Crippen LogP contribution in [-0.4, -0.2) is 28.8 Å². The van der Waals surface area contributed by atoms with Crippen LogP contribution in [-0.2, 0) is 0 Å². The molecular weight excluding hydrogens is 295 g/mol. The molecule has 1 aliphatic rings. The molecule has 12 heteroatoms. The van der Waals surface area contributed by atoms with Gasteiger partial charge in [0.2, 0.25) is 0 Å². The second-order valence-electron chi connectivity index (χ2n) is 3.12. The Morgan fingerprint density at radius 3 is 1.11 bits per heavy atom. The maximum Gasteiger partial charge on any atom is 0.401 e. The van der Waals surface area contributed by atoms with Gasteiger partial charge >= 0.3 is 30.0 Å². The minimum absolute atomic E-state index is 2.92. The summed E-state index contributed by atoms with van der Waals surface area (Å²) in [6.07, 6.45) is -3.87. The number of halogens is 11. The summed E-state index contributed by atoms with van der Waals surface area (Å²) < 4.78 is 136. The fourth-order valence-electron chi connectivity index (χ4n) is 1.17. The van der Waals surface area contributed by atoms with Gasteiger partial charge in [-0.3, -0.25) is 0 Å². The lowest BCUT2D eigenvalue weighted by Gasteiger charge is -2.27. The minimum atomic E-state index is -6.74. The predicted octanol–water partition coefficient (Wildman–Crippen LogP) is 3.79. The van der Waals surface area contributed by atoms with Gasteiger partial charge in [-0.25, -0.2) is 4.90 Å². The summed E-state index contributed by atoms with van der Waals surface area (Å²) in [4.78, 5) is -2.92. The zero-order valence-corrected chi connectivity index (χ0v) is 7.60. The molecule has 0 aromatic heterocycles. The fraction of sp³-hybridized carbons (Fsp3) is 0.667. The molecule has 1 saturated heterocycles. The molecule has 0 radical (unpaired) electrons. The van der Waals surface area contributed by atoms with E-state index in [4.69, 9.17) is 0 Å². The molecule has 18 heavy (non-hydrogen) atoms. The van der Waals surface area contributed by atoms with Crippen LogP contribution in [0.2, 0.25) is 0 Å². The molecule has 0 bridgehead atoms. The first-order valence-electron chi connectivity index (χ1n) is 3.75. The van der Waals surface area contributed by atoms with E-state index in [9.17, 15) is 48.3 Å². The summed E-state index contributed by atoms with van der Waals surface area (Å²) in [5.74, 6) is -17.3. The summed E-state index contributed by atoms with van der Waals surface area (Å²) >= 11 is 0. The first-order chi connectivity index (χ1) is 7.73. The van der Waals surface area contributed by atoms with Crippen molar-refractivity contribution < 1.29 is 48.3 Å². The van der Waals surface area contributed by atoms with E-state index in [2.05, 4.69) is 0 Å². The van der Waals surface area contributed by atoms with Crippen molar-refractivity contribution in [3.05, 3.63) is 12.0 Å². The lowest BCUT2D eigenvalue weighted by atomic mass is 10.2. The number of hydrogen-bond donors (Lipinski definition) is 0. The fourth-order valence-corrected chi connectivity index (χ4v) is 1.17. The van der Waals surface area contributed by atoms with E-state index in [1.165, 1.54) is 0 Å². The third kappa shape index (κ3) is 1.34.